The molecule has 1 spiro atoms. The minimum atomic E-state index is -5.01. The summed E-state index contributed by atoms with van der Waals surface area (Å²) in [4.78, 5) is 32.5. The van der Waals surface area contributed by atoms with E-state index in [-0.39, 0.29) is 43.2 Å². The van der Waals surface area contributed by atoms with Crippen LogP contribution in [0, 0.1) is 13.8 Å². The number of nitrogens with zero attached hydrogens (tertiary/aromatic N) is 3. The number of aryl methyl sites for hydroxylation is 2. The summed E-state index contributed by atoms with van der Waals surface area (Å²) in [6, 6.07) is 5.95. The van der Waals surface area contributed by atoms with Gasteiger partial charge in [-0.1, -0.05) is 6.07 Å². The first-order chi connectivity index (χ1) is 23.5. The molecule has 51 heavy (non-hydrogen) atoms. The van der Waals surface area contributed by atoms with E-state index < -0.39 is 57.3 Å². The van der Waals surface area contributed by atoms with Crippen molar-refractivity contribution in [2.45, 2.75) is 89.4 Å². The van der Waals surface area contributed by atoms with Crippen molar-refractivity contribution in [3.8, 4) is 5.75 Å². The molecule has 0 aliphatic carbocycles. The first kappa shape index (κ1) is 38.5. The van der Waals surface area contributed by atoms with Crippen LogP contribution in [0.15, 0.2) is 40.7 Å². The van der Waals surface area contributed by atoms with E-state index in [0.717, 1.165) is 28.8 Å². The van der Waals surface area contributed by atoms with Gasteiger partial charge in [0.05, 0.1) is 11.2 Å². The zero-order valence-electron chi connectivity index (χ0n) is 28.8. The molecule has 2 fully saturated rings. The number of ether oxygens (including phenoxy) is 1. The van der Waals surface area contributed by atoms with Crippen LogP contribution < -0.4 is 10.1 Å². The molecule has 3 aliphatic heterocycles. The molecule has 3 aliphatic rings. The average Bonchev–Trinajstić information content (AvgIpc) is 3.34. The van der Waals surface area contributed by atoms with Crippen LogP contribution in [-0.2, 0) is 22.0 Å². The minimum Gasteiger partial charge on any atom is -0.478 e. The summed E-state index contributed by atoms with van der Waals surface area (Å²) in [6.45, 7) is 8.01. The zero-order valence-corrected chi connectivity index (χ0v) is 29.6. The van der Waals surface area contributed by atoms with E-state index in [1.165, 1.54) is 5.41 Å². The van der Waals surface area contributed by atoms with Crippen LogP contribution in [0.4, 0.5) is 26.3 Å². The fourth-order valence-corrected chi connectivity index (χ4v) is 7.26. The number of aliphatic hydroxyl groups is 1. The Kier molecular flexibility index (Phi) is 10.3. The number of alkyl halides is 6. The smallest absolute Gasteiger partial charge is 0.427 e. The molecule has 2 aromatic rings. The van der Waals surface area contributed by atoms with Crippen LogP contribution in [0.3, 0.4) is 0 Å². The van der Waals surface area contributed by atoms with Crippen molar-refractivity contribution in [1.29, 1.82) is 0 Å². The molecule has 16 heteroatoms. The largest absolute Gasteiger partial charge is 0.478 e. The van der Waals surface area contributed by atoms with Crippen LogP contribution >= 0.6 is 0 Å². The van der Waals surface area contributed by atoms with Crippen LogP contribution in [0.25, 0.3) is 6.08 Å². The van der Waals surface area contributed by atoms with Gasteiger partial charge in [-0.2, -0.15) is 26.3 Å². The van der Waals surface area contributed by atoms with Crippen molar-refractivity contribution >= 4 is 34.7 Å². The summed E-state index contributed by atoms with van der Waals surface area (Å²) in [5.74, 6) is -1.79. The number of halogens is 6. The Labute approximate surface area is 294 Å². The van der Waals surface area contributed by atoms with E-state index >= 15 is 0 Å². The van der Waals surface area contributed by atoms with Crippen LogP contribution in [-0.4, -0.2) is 85.3 Å². The van der Waals surface area contributed by atoms with E-state index in [0.29, 0.717) is 51.4 Å². The van der Waals surface area contributed by atoms with Crippen LogP contribution in [0.5, 0.6) is 5.75 Å². The normalized spacial score (nSPS) is 20.4. The quantitative estimate of drug-likeness (QED) is 0.335. The van der Waals surface area contributed by atoms with Gasteiger partial charge in [-0.3, -0.25) is 14.6 Å². The number of amides is 2. The molecule has 0 bridgehead atoms. The van der Waals surface area contributed by atoms with Crippen molar-refractivity contribution in [2.24, 2.45) is 4.99 Å². The molecule has 3 heterocycles. The lowest BCUT2D eigenvalue weighted by atomic mass is 9.89. The number of aliphatic imine (C=N–C) groups is 1. The lowest BCUT2D eigenvalue weighted by Gasteiger charge is -2.36. The number of likely N-dealkylation sites (tertiary alicyclic amines) is 1. The molecule has 2 N–H and O–H groups in total. The van der Waals surface area contributed by atoms with Gasteiger partial charge in [0, 0.05) is 42.7 Å². The first-order valence-corrected chi connectivity index (χ1v) is 17.5. The maximum absolute atomic E-state index is 13.7. The average molecular weight is 743 g/mol. The third-order valence-electron chi connectivity index (χ3n) is 9.71. The number of hydrogen-bond acceptors (Lipinski definition) is 6. The highest BCUT2D eigenvalue weighted by atomic mass is 32.2. The topological polar surface area (TPSA) is 112 Å². The molecule has 0 aromatic heterocycles. The van der Waals surface area contributed by atoms with Gasteiger partial charge < -0.3 is 20.1 Å². The number of piperidine rings is 2. The van der Waals surface area contributed by atoms with Gasteiger partial charge in [0.15, 0.2) is 5.60 Å². The van der Waals surface area contributed by atoms with Crippen molar-refractivity contribution in [3.63, 3.8) is 0 Å². The summed E-state index contributed by atoms with van der Waals surface area (Å²) in [5.41, 5.74) is -3.51. The van der Waals surface area contributed by atoms with E-state index in [4.69, 9.17) is 4.74 Å². The molecule has 9 nitrogen and oxygen atoms in total. The summed E-state index contributed by atoms with van der Waals surface area (Å²) in [5, 5.41) is 14.3. The van der Waals surface area contributed by atoms with Crippen molar-refractivity contribution in [2.75, 3.05) is 26.2 Å². The number of nitrogens with one attached hydrogen (secondary N) is 1. The molecule has 2 aromatic carbocycles. The lowest BCUT2D eigenvalue weighted by molar-refractivity contribution is -0.236. The van der Waals surface area contributed by atoms with Gasteiger partial charge in [0.25, 0.3) is 11.8 Å². The number of benzene rings is 2. The standard InChI is InChI=1S/C35H40F6N4O5S/c1-21-18-24(29(46)44-13-9-32(5,48)10-14-44)19-22(2)25(21)8-17-51(49)45-15-11-33(12-16-45)30(47)42-28(43-33)23-6-7-26(34(36,37)38)27(20-23)50-31(3,4)35(39,40)41/h6-8,17-20,48H,9-16H2,1-5H3,(H,42,43,47)/b17-8+. The summed E-state index contributed by atoms with van der Waals surface area (Å²) in [6.07, 6.45) is -6.99. The number of hydrogen-bond donors (Lipinski definition) is 2. The van der Waals surface area contributed by atoms with Gasteiger partial charge in [-0.25, -0.2) is 8.51 Å². The third kappa shape index (κ3) is 8.17. The number of amidine groups is 1. The Morgan fingerprint density at radius 3 is 2.12 bits per heavy atom. The first-order valence-electron chi connectivity index (χ1n) is 16.4. The second-order valence-electron chi connectivity index (χ2n) is 14.1. The Hall–Kier alpha value is -3.76. The van der Waals surface area contributed by atoms with Gasteiger partial charge in [0.1, 0.15) is 28.1 Å². The molecule has 2 saturated heterocycles. The second kappa shape index (κ2) is 13.7. The molecular weight excluding hydrogens is 702 g/mol. The van der Waals surface area contributed by atoms with Crippen molar-refractivity contribution in [1.82, 2.24) is 14.5 Å². The number of carbonyl (C=O) groups is 2. The van der Waals surface area contributed by atoms with E-state index in [1.807, 2.05) is 13.8 Å². The molecule has 1 atom stereocenters. The van der Waals surface area contributed by atoms with E-state index in [1.54, 1.807) is 34.3 Å². The minimum absolute atomic E-state index is 0.0577. The SMILES string of the molecule is Cc1cc(C(=O)N2CCC(C)(O)CC2)cc(C)c1/C=C/S(=O)N1CCC2(CC1)N=C(c1ccc(C(F)(F)F)c(OC(C)(C)C(F)(F)F)c1)NC2=O. The maximum atomic E-state index is 13.7. The predicted octanol–water partition coefficient (Wildman–Crippen LogP) is 6.07. The van der Waals surface area contributed by atoms with E-state index in [9.17, 15) is 45.2 Å². The summed E-state index contributed by atoms with van der Waals surface area (Å²) in [7, 11) is -1.59. The molecule has 278 valence electrons. The van der Waals surface area contributed by atoms with Crippen LogP contribution in [0.2, 0.25) is 0 Å². The zero-order chi connectivity index (χ0) is 37.7. The lowest BCUT2D eigenvalue weighted by Crippen LogP contribution is -2.49. The highest BCUT2D eigenvalue weighted by molar-refractivity contribution is 7.85. The number of carbonyl (C=O) groups excluding carboxylic acids is 2. The monoisotopic (exact) mass is 742 g/mol. The second-order valence-corrected chi connectivity index (χ2v) is 15.4. The van der Waals surface area contributed by atoms with Crippen molar-refractivity contribution < 1.29 is 50.0 Å². The molecule has 1 unspecified atom stereocenters. The fourth-order valence-electron chi connectivity index (χ4n) is 6.30. The fraction of sp³-hybridized carbons (Fsp3) is 0.514. The number of rotatable bonds is 7. The third-order valence-corrected chi connectivity index (χ3v) is 11.0. The van der Waals surface area contributed by atoms with E-state index in [2.05, 4.69) is 10.3 Å². The molecule has 2 amide bonds. The maximum Gasteiger partial charge on any atom is 0.427 e. The van der Waals surface area contributed by atoms with Gasteiger partial charge in [-0.15, -0.1) is 0 Å². The Morgan fingerprint density at radius 2 is 1.57 bits per heavy atom. The molecule has 5 rings (SSSR count). The highest BCUT2D eigenvalue weighted by Gasteiger charge is 2.51. The van der Waals surface area contributed by atoms with Gasteiger partial charge in [0.2, 0.25) is 0 Å². The highest BCUT2D eigenvalue weighted by Crippen LogP contribution is 2.42. The predicted molar refractivity (Wildman–Crippen MR) is 179 cm³/mol. The Bertz CT molecular complexity index is 1760. The van der Waals surface area contributed by atoms with Gasteiger partial charge in [-0.05, 0) is 107 Å². The molecule has 0 radical (unpaired) electrons. The van der Waals surface area contributed by atoms with Crippen LogP contribution in [0.1, 0.15) is 84.6 Å². The summed E-state index contributed by atoms with van der Waals surface area (Å²) < 4.78 is 101. The van der Waals surface area contributed by atoms with Gasteiger partial charge >= 0.3 is 12.4 Å². The van der Waals surface area contributed by atoms with Crippen molar-refractivity contribution in [3.05, 3.63) is 69.1 Å². The molecular formula is C35H40F6N4O5S. The summed E-state index contributed by atoms with van der Waals surface area (Å²) >= 11 is 0. The molecule has 0 saturated carbocycles. The Morgan fingerprint density at radius 1 is 0.980 bits per heavy atom. The Balaban J connectivity index is 1.27.